The molecule has 0 atom stereocenters. The fraction of sp³-hybridized carbons (Fsp3) is 0.538. The van der Waals surface area contributed by atoms with Crippen LogP contribution >= 0.6 is 0 Å². The standard InChI is InChI=1S/C13H21N5/c1-5-14-7-13-10(2)16-18(11(13)3)9-12-6-15-17(4)8-12/h6,8,14H,5,7,9H2,1-4H3. The van der Waals surface area contributed by atoms with Crippen LogP contribution in [-0.2, 0) is 20.1 Å². The van der Waals surface area contributed by atoms with Gasteiger partial charge in [-0.3, -0.25) is 9.36 Å². The molecule has 2 aromatic heterocycles. The van der Waals surface area contributed by atoms with Crippen LogP contribution in [0.1, 0.15) is 29.4 Å². The highest BCUT2D eigenvalue weighted by molar-refractivity contribution is 5.25. The second-order valence-corrected chi connectivity index (χ2v) is 4.61. The van der Waals surface area contributed by atoms with Crippen molar-refractivity contribution in [2.24, 2.45) is 7.05 Å². The van der Waals surface area contributed by atoms with Crippen LogP contribution in [-0.4, -0.2) is 26.1 Å². The average Bonchev–Trinajstić information content (AvgIpc) is 2.84. The van der Waals surface area contributed by atoms with E-state index in [4.69, 9.17) is 0 Å². The highest BCUT2D eigenvalue weighted by Crippen LogP contribution is 2.14. The Morgan fingerprint density at radius 1 is 1.33 bits per heavy atom. The molecule has 0 bridgehead atoms. The van der Waals surface area contributed by atoms with Crippen LogP contribution in [0.4, 0.5) is 0 Å². The molecule has 0 saturated carbocycles. The van der Waals surface area contributed by atoms with Crippen molar-refractivity contribution >= 4 is 0 Å². The number of nitrogens with one attached hydrogen (secondary N) is 1. The highest BCUT2D eigenvalue weighted by atomic mass is 15.3. The fourth-order valence-corrected chi connectivity index (χ4v) is 2.12. The lowest BCUT2D eigenvalue weighted by Crippen LogP contribution is -2.13. The van der Waals surface area contributed by atoms with Gasteiger partial charge in [0.05, 0.1) is 18.4 Å². The zero-order valence-corrected chi connectivity index (χ0v) is 11.6. The first-order valence-electron chi connectivity index (χ1n) is 6.33. The van der Waals surface area contributed by atoms with Gasteiger partial charge in [-0.1, -0.05) is 6.92 Å². The second kappa shape index (κ2) is 5.35. The lowest BCUT2D eigenvalue weighted by atomic mass is 10.2. The van der Waals surface area contributed by atoms with Crippen molar-refractivity contribution in [1.82, 2.24) is 24.9 Å². The van der Waals surface area contributed by atoms with E-state index in [1.165, 1.54) is 16.8 Å². The van der Waals surface area contributed by atoms with Crippen molar-refractivity contribution in [1.29, 1.82) is 0 Å². The van der Waals surface area contributed by atoms with E-state index < -0.39 is 0 Å². The first-order valence-corrected chi connectivity index (χ1v) is 6.33. The van der Waals surface area contributed by atoms with Gasteiger partial charge in [0.25, 0.3) is 0 Å². The van der Waals surface area contributed by atoms with Crippen molar-refractivity contribution in [3.63, 3.8) is 0 Å². The van der Waals surface area contributed by atoms with Gasteiger partial charge < -0.3 is 5.32 Å². The number of aromatic nitrogens is 4. The van der Waals surface area contributed by atoms with Crippen LogP contribution in [0.3, 0.4) is 0 Å². The summed E-state index contributed by atoms with van der Waals surface area (Å²) in [5, 5.41) is 12.1. The van der Waals surface area contributed by atoms with Crippen molar-refractivity contribution < 1.29 is 0 Å². The average molecular weight is 247 g/mol. The summed E-state index contributed by atoms with van der Waals surface area (Å²) < 4.78 is 3.87. The SMILES string of the molecule is CCNCc1c(C)nn(Cc2cnn(C)c2)c1C. The minimum atomic E-state index is 0.784. The molecule has 2 aromatic rings. The van der Waals surface area contributed by atoms with Crippen LogP contribution in [0, 0.1) is 13.8 Å². The zero-order chi connectivity index (χ0) is 13.1. The van der Waals surface area contributed by atoms with E-state index in [0.29, 0.717) is 0 Å². The summed E-state index contributed by atoms with van der Waals surface area (Å²) in [6, 6.07) is 0. The van der Waals surface area contributed by atoms with Gasteiger partial charge >= 0.3 is 0 Å². The van der Waals surface area contributed by atoms with Crippen LogP contribution < -0.4 is 5.32 Å². The van der Waals surface area contributed by atoms with E-state index in [-0.39, 0.29) is 0 Å². The number of aryl methyl sites for hydroxylation is 2. The molecule has 1 N–H and O–H groups in total. The molecule has 0 aromatic carbocycles. The Morgan fingerprint density at radius 2 is 2.11 bits per heavy atom. The normalized spacial score (nSPS) is 11.1. The predicted octanol–water partition coefficient (Wildman–Crippen LogP) is 1.39. The maximum atomic E-state index is 4.61. The van der Waals surface area contributed by atoms with E-state index in [1.807, 2.05) is 24.1 Å². The molecule has 0 amide bonds. The van der Waals surface area contributed by atoms with Gasteiger partial charge in [-0.2, -0.15) is 10.2 Å². The van der Waals surface area contributed by atoms with Crippen molar-refractivity contribution in [2.45, 2.75) is 33.9 Å². The molecular weight excluding hydrogens is 226 g/mol. The first-order chi connectivity index (χ1) is 8.61. The Bertz CT molecular complexity index is 523. The van der Waals surface area contributed by atoms with Gasteiger partial charge in [-0.25, -0.2) is 0 Å². The van der Waals surface area contributed by atoms with Gasteiger partial charge in [0.2, 0.25) is 0 Å². The Morgan fingerprint density at radius 3 is 2.72 bits per heavy atom. The number of rotatable bonds is 5. The van der Waals surface area contributed by atoms with E-state index in [1.54, 1.807) is 0 Å². The Labute approximate surface area is 108 Å². The van der Waals surface area contributed by atoms with E-state index >= 15 is 0 Å². The van der Waals surface area contributed by atoms with Crippen molar-refractivity contribution in [3.8, 4) is 0 Å². The van der Waals surface area contributed by atoms with E-state index in [2.05, 4.69) is 41.0 Å². The molecule has 5 heteroatoms. The summed E-state index contributed by atoms with van der Waals surface area (Å²) in [7, 11) is 1.93. The molecule has 5 nitrogen and oxygen atoms in total. The maximum absolute atomic E-state index is 4.61. The molecule has 0 aliphatic heterocycles. The summed E-state index contributed by atoms with van der Waals surface area (Å²) >= 11 is 0. The van der Waals surface area contributed by atoms with Crippen LogP contribution in [0.2, 0.25) is 0 Å². The lowest BCUT2D eigenvalue weighted by molar-refractivity contribution is 0.654. The molecule has 0 unspecified atom stereocenters. The molecule has 98 valence electrons. The van der Waals surface area contributed by atoms with Gasteiger partial charge in [0.15, 0.2) is 0 Å². The van der Waals surface area contributed by atoms with Crippen LogP contribution in [0.25, 0.3) is 0 Å². The zero-order valence-electron chi connectivity index (χ0n) is 11.6. The quantitative estimate of drug-likeness (QED) is 0.868. The fourth-order valence-electron chi connectivity index (χ4n) is 2.12. The van der Waals surface area contributed by atoms with E-state index in [9.17, 15) is 0 Å². The molecule has 0 aliphatic carbocycles. The Kier molecular flexibility index (Phi) is 3.81. The van der Waals surface area contributed by atoms with Crippen LogP contribution in [0.5, 0.6) is 0 Å². The van der Waals surface area contributed by atoms with Crippen molar-refractivity contribution in [2.75, 3.05) is 6.54 Å². The molecule has 2 heterocycles. The molecule has 0 saturated heterocycles. The number of hydrogen-bond donors (Lipinski definition) is 1. The van der Waals surface area contributed by atoms with Crippen LogP contribution in [0.15, 0.2) is 12.4 Å². The monoisotopic (exact) mass is 247 g/mol. The molecule has 0 spiro atoms. The predicted molar refractivity (Wildman–Crippen MR) is 71.4 cm³/mol. The third-order valence-electron chi connectivity index (χ3n) is 3.17. The lowest BCUT2D eigenvalue weighted by Gasteiger charge is -2.04. The molecule has 0 radical (unpaired) electrons. The summed E-state index contributed by atoms with van der Waals surface area (Å²) in [6.45, 7) is 8.97. The Balaban J connectivity index is 2.18. The van der Waals surface area contributed by atoms with Gasteiger partial charge in [0, 0.05) is 36.6 Å². The third-order valence-corrected chi connectivity index (χ3v) is 3.17. The largest absolute Gasteiger partial charge is 0.313 e. The third kappa shape index (κ3) is 2.61. The minimum Gasteiger partial charge on any atom is -0.313 e. The Hall–Kier alpha value is -1.62. The molecule has 2 rings (SSSR count). The van der Waals surface area contributed by atoms with Gasteiger partial charge in [-0.05, 0) is 20.4 Å². The first kappa shape index (κ1) is 12.8. The molecule has 18 heavy (non-hydrogen) atoms. The van der Waals surface area contributed by atoms with Gasteiger partial charge in [0.1, 0.15) is 0 Å². The highest BCUT2D eigenvalue weighted by Gasteiger charge is 2.11. The summed E-state index contributed by atoms with van der Waals surface area (Å²) in [5.41, 5.74) is 4.83. The molecule has 0 fully saturated rings. The van der Waals surface area contributed by atoms with E-state index in [0.717, 1.165) is 25.3 Å². The summed E-state index contributed by atoms with van der Waals surface area (Å²) in [6.07, 6.45) is 3.92. The summed E-state index contributed by atoms with van der Waals surface area (Å²) in [4.78, 5) is 0. The molecular formula is C13H21N5. The second-order valence-electron chi connectivity index (χ2n) is 4.61. The summed E-state index contributed by atoms with van der Waals surface area (Å²) in [5.74, 6) is 0. The number of nitrogens with zero attached hydrogens (tertiary/aromatic N) is 4. The maximum Gasteiger partial charge on any atom is 0.0693 e. The number of hydrogen-bond acceptors (Lipinski definition) is 3. The van der Waals surface area contributed by atoms with Crippen molar-refractivity contribution in [3.05, 3.63) is 34.9 Å². The topological polar surface area (TPSA) is 47.7 Å². The minimum absolute atomic E-state index is 0.784. The smallest absolute Gasteiger partial charge is 0.0693 e. The molecule has 0 aliphatic rings. The van der Waals surface area contributed by atoms with Gasteiger partial charge in [-0.15, -0.1) is 0 Å².